The van der Waals surface area contributed by atoms with Gasteiger partial charge in [0.05, 0.1) is 21.9 Å². The number of nitriles is 1. The van der Waals surface area contributed by atoms with E-state index in [1.54, 1.807) is 18.2 Å². The van der Waals surface area contributed by atoms with Crippen LogP contribution in [-0.2, 0) is 4.79 Å². The number of benzene rings is 2. The highest BCUT2D eigenvalue weighted by Crippen LogP contribution is 2.25. The third kappa shape index (κ3) is 4.08. The Balaban J connectivity index is 1.71. The molecule has 7 heteroatoms. The number of rotatable bonds is 4. The Hall–Kier alpha value is -2.62. The summed E-state index contributed by atoms with van der Waals surface area (Å²) in [6.07, 6.45) is 0. The van der Waals surface area contributed by atoms with Crippen molar-refractivity contribution < 1.29 is 4.79 Å². The van der Waals surface area contributed by atoms with Crippen LogP contribution in [-0.4, -0.2) is 21.6 Å². The maximum Gasteiger partial charge on any atom is 0.234 e. The number of thioether (sulfide) groups is 1. The minimum Gasteiger partial charge on any atom is -0.325 e. The summed E-state index contributed by atoms with van der Waals surface area (Å²) in [4.78, 5) is 21.0. The first-order valence-corrected chi connectivity index (χ1v) is 8.79. The largest absolute Gasteiger partial charge is 0.325 e. The van der Waals surface area contributed by atoms with Gasteiger partial charge in [-0.05, 0) is 31.2 Å². The number of para-hydroxylation sites is 1. The van der Waals surface area contributed by atoms with Gasteiger partial charge in [0.1, 0.15) is 16.9 Å². The van der Waals surface area contributed by atoms with E-state index in [1.807, 2.05) is 37.3 Å². The van der Waals surface area contributed by atoms with Crippen LogP contribution >= 0.6 is 23.4 Å². The molecule has 3 aromatic rings. The van der Waals surface area contributed by atoms with Crippen LogP contribution in [0.5, 0.6) is 0 Å². The van der Waals surface area contributed by atoms with E-state index in [0.29, 0.717) is 22.1 Å². The molecule has 124 valence electrons. The summed E-state index contributed by atoms with van der Waals surface area (Å²) in [7, 11) is 0. The van der Waals surface area contributed by atoms with Crippen molar-refractivity contribution in [3.63, 3.8) is 0 Å². The van der Waals surface area contributed by atoms with Gasteiger partial charge >= 0.3 is 0 Å². The molecular weight excluding hydrogens is 356 g/mol. The van der Waals surface area contributed by atoms with Crippen molar-refractivity contribution in [2.24, 2.45) is 0 Å². The highest BCUT2D eigenvalue weighted by atomic mass is 35.5. The Morgan fingerprint density at radius 1 is 1.28 bits per heavy atom. The molecule has 25 heavy (non-hydrogen) atoms. The quantitative estimate of drug-likeness (QED) is 0.551. The number of carbonyl (C=O) groups excluding carboxylic acids is 1. The smallest absolute Gasteiger partial charge is 0.234 e. The highest BCUT2D eigenvalue weighted by molar-refractivity contribution is 8.00. The molecule has 0 aliphatic carbocycles. The minimum atomic E-state index is -0.175. The van der Waals surface area contributed by atoms with Crippen LogP contribution in [0.4, 0.5) is 5.69 Å². The van der Waals surface area contributed by atoms with Crippen molar-refractivity contribution in [1.82, 2.24) is 9.97 Å². The molecule has 2 aromatic carbocycles. The third-order valence-corrected chi connectivity index (χ3v) is 4.70. The number of nitrogens with zero attached hydrogens (tertiary/aromatic N) is 3. The van der Waals surface area contributed by atoms with Gasteiger partial charge in [-0.2, -0.15) is 5.26 Å². The van der Waals surface area contributed by atoms with E-state index in [2.05, 4.69) is 15.3 Å². The summed E-state index contributed by atoms with van der Waals surface area (Å²) in [6.45, 7) is 1.83. The van der Waals surface area contributed by atoms with Gasteiger partial charge < -0.3 is 5.32 Å². The lowest BCUT2D eigenvalue weighted by atomic mass is 10.2. The Kier molecular flexibility index (Phi) is 5.17. The van der Waals surface area contributed by atoms with Crippen LogP contribution in [0.1, 0.15) is 11.4 Å². The van der Waals surface area contributed by atoms with Gasteiger partial charge in [0.2, 0.25) is 5.91 Å². The number of aryl methyl sites for hydroxylation is 1. The average molecular weight is 369 g/mol. The zero-order valence-electron chi connectivity index (χ0n) is 13.3. The van der Waals surface area contributed by atoms with E-state index >= 15 is 0 Å². The van der Waals surface area contributed by atoms with E-state index in [9.17, 15) is 4.79 Å². The molecule has 1 aromatic heterocycles. The van der Waals surface area contributed by atoms with Gasteiger partial charge in [0, 0.05) is 11.1 Å². The topological polar surface area (TPSA) is 78.7 Å². The van der Waals surface area contributed by atoms with E-state index in [-0.39, 0.29) is 11.7 Å². The predicted molar refractivity (Wildman–Crippen MR) is 99.8 cm³/mol. The van der Waals surface area contributed by atoms with Crippen molar-refractivity contribution in [1.29, 1.82) is 5.26 Å². The Morgan fingerprint density at radius 3 is 2.84 bits per heavy atom. The van der Waals surface area contributed by atoms with Crippen LogP contribution in [0.15, 0.2) is 47.5 Å². The zero-order chi connectivity index (χ0) is 17.8. The maximum absolute atomic E-state index is 12.2. The normalized spacial score (nSPS) is 10.4. The zero-order valence-corrected chi connectivity index (χ0v) is 14.9. The molecule has 0 bridgehead atoms. The molecule has 0 radical (unpaired) electrons. The van der Waals surface area contributed by atoms with E-state index < -0.39 is 0 Å². The molecule has 0 atom stereocenters. The number of hydrogen-bond acceptors (Lipinski definition) is 5. The average Bonchev–Trinajstić information content (AvgIpc) is 2.59. The van der Waals surface area contributed by atoms with Crippen LogP contribution < -0.4 is 5.32 Å². The Morgan fingerprint density at radius 2 is 2.08 bits per heavy atom. The maximum atomic E-state index is 12.2. The van der Waals surface area contributed by atoms with Gasteiger partial charge in [-0.3, -0.25) is 4.79 Å². The summed E-state index contributed by atoms with van der Waals surface area (Å²) in [6, 6.07) is 14.5. The number of anilines is 1. The highest BCUT2D eigenvalue weighted by Gasteiger charge is 2.10. The van der Waals surface area contributed by atoms with Crippen LogP contribution in [0.2, 0.25) is 5.02 Å². The molecule has 1 heterocycles. The van der Waals surface area contributed by atoms with E-state index in [0.717, 1.165) is 15.9 Å². The number of halogens is 1. The van der Waals surface area contributed by atoms with E-state index in [1.165, 1.54) is 11.8 Å². The molecule has 0 unspecified atom stereocenters. The summed E-state index contributed by atoms with van der Waals surface area (Å²) >= 11 is 7.33. The van der Waals surface area contributed by atoms with Gasteiger partial charge in [0.15, 0.2) is 0 Å². The van der Waals surface area contributed by atoms with Gasteiger partial charge in [0.25, 0.3) is 0 Å². The van der Waals surface area contributed by atoms with Crippen LogP contribution in [0.3, 0.4) is 0 Å². The second-order valence-corrected chi connectivity index (χ2v) is 6.61. The molecule has 0 fully saturated rings. The fraction of sp³-hybridized carbons (Fsp3) is 0.111. The number of hydrogen-bond donors (Lipinski definition) is 1. The van der Waals surface area contributed by atoms with Crippen molar-refractivity contribution in [2.45, 2.75) is 11.9 Å². The standard InChI is InChI=1S/C18H13ClN4OS/c1-11-21-16-5-3-2-4-14(16)18(22-11)25-10-17(24)23-13-7-6-12(9-20)15(19)8-13/h2-8H,10H2,1H3,(H,23,24). The first-order chi connectivity index (χ1) is 12.1. The molecule has 0 spiro atoms. The molecule has 5 nitrogen and oxygen atoms in total. The SMILES string of the molecule is Cc1nc(SCC(=O)Nc2ccc(C#N)c(Cl)c2)c2ccccc2n1. The van der Waals surface area contributed by atoms with Crippen molar-refractivity contribution in [2.75, 3.05) is 11.1 Å². The Bertz CT molecular complexity index is 1000. The minimum absolute atomic E-state index is 0.175. The van der Waals surface area contributed by atoms with E-state index in [4.69, 9.17) is 16.9 Å². The number of nitrogens with one attached hydrogen (secondary N) is 1. The van der Waals surface area contributed by atoms with Crippen LogP contribution in [0, 0.1) is 18.3 Å². The van der Waals surface area contributed by atoms with Gasteiger partial charge in [-0.25, -0.2) is 9.97 Å². The number of fused-ring (bicyclic) bond motifs is 1. The van der Waals surface area contributed by atoms with Gasteiger partial charge in [-0.1, -0.05) is 41.6 Å². The monoisotopic (exact) mass is 368 g/mol. The molecule has 1 N–H and O–H groups in total. The summed E-state index contributed by atoms with van der Waals surface area (Å²) in [5.74, 6) is 0.699. The molecule has 0 aliphatic rings. The predicted octanol–water partition coefficient (Wildman–Crippen LogP) is 4.19. The fourth-order valence-electron chi connectivity index (χ4n) is 2.28. The van der Waals surface area contributed by atoms with Crippen molar-refractivity contribution in [3.8, 4) is 6.07 Å². The lowest BCUT2D eigenvalue weighted by molar-refractivity contribution is -0.113. The Labute approximate surface area is 154 Å². The molecule has 0 saturated carbocycles. The lowest BCUT2D eigenvalue weighted by Gasteiger charge is -2.08. The summed E-state index contributed by atoms with van der Waals surface area (Å²) in [5.41, 5.74) is 1.78. The summed E-state index contributed by atoms with van der Waals surface area (Å²) in [5, 5.41) is 13.7. The first kappa shape index (κ1) is 17.2. The number of amides is 1. The first-order valence-electron chi connectivity index (χ1n) is 7.42. The second-order valence-electron chi connectivity index (χ2n) is 5.24. The molecular formula is C18H13ClN4OS. The van der Waals surface area contributed by atoms with Crippen molar-refractivity contribution >= 4 is 45.9 Å². The van der Waals surface area contributed by atoms with Crippen LogP contribution in [0.25, 0.3) is 10.9 Å². The second kappa shape index (κ2) is 7.51. The molecule has 0 saturated heterocycles. The van der Waals surface area contributed by atoms with Crippen molar-refractivity contribution in [3.05, 3.63) is 58.9 Å². The number of carbonyl (C=O) groups is 1. The third-order valence-electron chi connectivity index (χ3n) is 3.39. The molecule has 1 amide bonds. The molecule has 3 rings (SSSR count). The lowest BCUT2D eigenvalue weighted by Crippen LogP contribution is -2.14. The molecule has 0 aliphatic heterocycles. The summed E-state index contributed by atoms with van der Waals surface area (Å²) < 4.78 is 0. The number of aromatic nitrogens is 2. The fourth-order valence-corrected chi connectivity index (χ4v) is 3.37. The van der Waals surface area contributed by atoms with Gasteiger partial charge in [-0.15, -0.1) is 0 Å².